The summed E-state index contributed by atoms with van der Waals surface area (Å²) in [6, 6.07) is 6.17. The summed E-state index contributed by atoms with van der Waals surface area (Å²) in [4.78, 5) is 40.4. The van der Waals surface area contributed by atoms with Crippen LogP contribution in [0.1, 0.15) is 19.8 Å². The van der Waals surface area contributed by atoms with E-state index >= 15 is 0 Å². The molecule has 1 fully saturated rings. The second-order valence-corrected chi connectivity index (χ2v) is 7.38. The zero-order valence-corrected chi connectivity index (χ0v) is 15.1. The molecular formula is C17H20N4O4S. The molecule has 1 aliphatic heterocycles. The SMILES string of the molecule is CC(Sc1nc2ccccc2c(=O)n1CC1CCCO1)C(=O)NC(N)=O. The highest BCUT2D eigenvalue weighted by Gasteiger charge is 2.23. The molecule has 1 saturated heterocycles. The number of hydrogen-bond acceptors (Lipinski definition) is 6. The van der Waals surface area contributed by atoms with Gasteiger partial charge in [-0.1, -0.05) is 23.9 Å². The first-order valence-electron chi connectivity index (χ1n) is 8.34. The smallest absolute Gasteiger partial charge is 0.318 e. The molecule has 0 radical (unpaired) electrons. The number of imide groups is 1. The fourth-order valence-corrected chi connectivity index (χ4v) is 3.74. The van der Waals surface area contributed by atoms with Gasteiger partial charge >= 0.3 is 6.03 Å². The molecule has 0 spiro atoms. The number of aromatic nitrogens is 2. The van der Waals surface area contributed by atoms with Gasteiger partial charge in [0.2, 0.25) is 5.91 Å². The lowest BCUT2D eigenvalue weighted by Gasteiger charge is -2.18. The van der Waals surface area contributed by atoms with E-state index in [1.807, 2.05) is 5.32 Å². The third-order valence-corrected chi connectivity index (χ3v) is 5.22. The van der Waals surface area contributed by atoms with Gasteiger partial charge in [-0.2, -0.15) is 0 Å². The minimum absolute atomic E-state index is 0.0511. The van der Waals surface area contributed by atoms with Gasteiger partial charge in [-0.05, 0) is 31.9 Å². The third-order valence-electron chi connectivity index (χ3n) is 4.13. The lowest BCUT2D eigenvalue weighted by atomic mass is 10.2. The summed E-state index contributed by atoms with van der Waals surface area (Å²) >= 11 is 1.11. The summed E-state index contributed by atoms with van der Waals surface area (Å²) in [6.45, 7) is 2.68. The van der Waals surface area contributed by atoms with Gasteiger partial charge in [0.1, 0.15) is 0 Å². The number of carbonyl (C=O) groups is 2. The molecule has 3 amide bonds. The van der Waals surface area contributed by atoms with Crippen LogP contribution < -0.4 is 16.6 Å². The van der Waals surface area contributed by atoms with Crippen LogP contribution in [-0.2, 0) is 16.1 Å². The van der Waals surface area contributed by atoms with Crippen LogP contribution in [0.4, 0.5) is 4.79 Å². The van der Waals surface area contributed by atoms with Gasteiger partial charge < -0.3 is 10.5 Å². The molecule has 0 saturated carbocycles. The number of urea groups is 1. The highest BCUT2D eigenvalue weighted by atomic mass is 32.2. The van der Waals surface area contributed by atoms with Crippen molar-refractivity contribution in [1.82, 2.24) is 14.9 Å². The Morgan fingerprint density at radius 3 is 2.92 bits per heavy atom. The average molecular weight is 376 g/mol. The quantitative estimate of drug-likeness (QED) is 0.599. The van der Waals surface area contributed by atoms with E-state index in [2.05, 4.69) is 4.98 Å². The molecule has 8 nitrogen and oxygen atoms in total. The van der Waals surface area contributed by atoms with E-state index in [-0.39, 0.29) is 11.7 Å². The van der Waals surface area contributed by atoms with Crippen LogP contribution in [0, 0.1) is 0 Å². The van der Waals surface area contributed by atoms with Gasteiger partial charge in [0.25, 0.3) is 5.56 Å². The topological polar surface area (TPSA) is 116 Å². The molecule has 138 valence electrons. The Morgan fingerprint density at radius 1 is 1.46 bits per heavy atom. The van der Waals surface area contributed by atoms with Crippen LogP contribution in [0.15, 0.2) is 34.2 Å². The van der Waals surface area contributed by atoms with E-state index in [0.29, 0.717) is 29.2 Å². The van der Waals surface area contributed by atoms with Gasteiger partial charge in [-0.15, -0.1) is 0 Å². The van der Waals surface area contributed by atoms with Crippen LogP contribution in [0.3, 0.4) is 0 Å². The van der Waals surface area contributed by atoms with Gasteiger partial charge in [0.05, 0.1) is 28.8 Å². The molecular weight excluding hydrogens is 356 g/mol. The summed E-state index contributed by atoms with van der Waals surface area (Å²) in [5.74, 6) is -0.534. The first kappa shape index (κ1) is 18.4. The number of rotatable bonds is 5. The summed E-state index contributed by atoms with van der Waals surface area (Å²) < 4.78 is 7.20. The van der Waals surface area contributed by atoms with Gasteiger partial charge in [-0.3, -0.25) is 19.5 Å². The number of benzene rings is 1. The summed E-state index contributed by atoms with van der Waals surface area (Å²) in [7, 11) is 0. The Bertz CT molecular complexity index is 892. The number of nitrogens with one attached hydrogen (secondary N) is 1. The molecule has 3 N–H and O–H groups in total. The first-order valence-corrected chi connectivity index (χ1v) is 9.22. The van der Waals surface area contributed by atoms with E-state index in [9.17, 15) is 14.4 Å². The van der Waals surface area contributed by atoms with Crippen LogP contribution in [0.5, 0.6) is 0 Å². The Hall–Kier alpha value is -2.39. The molecule has 0 aliphatic carbocycles. The maximum absolute atomic E-state index is 12.9. The molecule has 1 aromatic carbocycles. The highest BCUT2D eigenvalue weighted by Crippen LogP contribution is 2.24. The van der Waals surface area contributed by atoms with Crippen LogP contribution in [-0.4, -0.2) is 39.5 Å². The number of nitrogens with two attached hydrogens (primary N) is 1. The number of primary amides is 1. The standard InChI is InChI=1S/C17H20N4O4S/c1-10(14(22)20-16(18)24)26-17-19-13-7-3-2-6-12(13)15(23)21(17)9-11-5-4-8-25-11/h2-3,6-7,10-11H,4-5,8-9H2,1H3,(H3,18,20,22,24). The Balaban J connectivity index is 1.97. The predicted octanol–water partition coefficient (Wildman–Crippen LogP) is 1.25. The number of fused-ring (bicyclic) bond motifs is 1. The average Bonchev–Trinajstić information content (AvgIpc) is 3.11. The molecule has 1 aliphatic rings. The summed E-state index contributed by atoms with van der Waals surface area (Å²) in [5, 5.41) is 2.33. The maximum Gasteiger partial charge on any atom is 0.318 e. The molecule has 9 heteroatoms. The fourth-order valence-electron chi connectivity index (χ4n) is 2.83. The van der Waals surface area contributed by atoms with Gasteiger partial charge in [0, 0.05) is 6.61 Å². The third kappa shape index (κ3) is 4.05. The summed E-state index contributed by atoms with van der Waals surface area (Å²) in [6.07, 6.45) is 1.78. The lowest BCUT2D eigenvalue weighted by Crippen LogP contribution is -2.39. The van der Waals surface area contributed by atoms with Crippen molar-refractivity contribution in [3.05, 3.63) is 34.6 Å². The fraction of sp³-hybridized carbons (Fsp3) is 0.412. The maximum atomic E-state index is 12.9. The second-order valence-electron chi connectivity index (χ2n) is 6.08. The van der Waals surface area contributed by atoms with Crippen molar-refractivity contribution in [2.24, 2.45) is 5.73 Å². The largest absolute Gasteiger partial charge is 0.376 e. The predicted molar refractivity (Wildman–Crippen MR) is 98.0 cm³/mol. The van der Waals surface area contributed by atoms with E-state index in [1.54, 1.807) is 35.8 Å². The van der Waals surface area contributed by atoms with Crippen molar-refractivity contribution in [3.63, 3.8) is 0 Å². The number of ether oxygens (including phenoxy) is 1. The zero-order chi connectivity index (χ0) is 18.7. The summed E-state index contributed by atoms with van der Waals surface area (Å²) in [5.41, 5.74) is 5.39. The van der Waals surface area contributed by atoms with E-state index < -0.39 is 17.2 Å². The number of nitrogens with zero attached hydrogens (tertiary/aromatic N) is 2. The molecule has 2 heterocycles. The van der Waals surface area contributed by atoms with Crippen molar-refractivity contribution >= 4 is 34.6 Å². The van der Waals surface area contributed by atoms with Crippen molar-refractivity contribution < 1.29 is 14.3 Å². The number of hydrogen-bond donors (Lipinski definition) is 2. The number of amides is 3. The van der Waals surface area contributed by atoms with E-state index in [0.717, 1.165) is 24.6 Å². The van der Waals surface area contributed by atoms with Crippen LogP contribution in [0.2, 0.25) is 0 Å². The minimum atomic E-state index is -0.911. The molecule has 1 aromatic heterocycles. The van der Waals surface area contributed by atoms with Crippen LogP contribution in [0.25, 0.3) is 10.9 Å². The zero-order valence-electron chi connectivity index (χ0n) is 14.3. The Kier molecular flexibility index (Phi) is 5.58. The van der Waals surface area contributed by atoms with Gasteiger partial charge in [-0.25, -0.2) is 9.78 Å². The number of para-hydroxylation sites is 1. The Morgan fingerprint density at radius 2 is 2.23 bits per heavy atom. The highest BCUT2D eigenvalue weighted by molar-refractivity contribution is 8.00. The molecule has 0 bridgehead atoms. The van der Waals surface area contributed by atoms with Crippen molar-refractivity contribution in [3.8, 4) is 0 Å². The lowest BCUT2D eigenvalue weighted by molar-refractivity contribution is -0.119. The molecule has 2 aromatic rings. The second kappa shape index (κ2) is 7.88. The van der Waals surface area contributed by atoms with Crippen LogP contribution >= 0.6 is 11.8 Å². The molecule has 3 rings (SSSR count). The Labute approximate surface area is 154 Å². The first-order chi connectivity index (χ1) is 12.5. The van der Waals surface area contributed by atoms with Crippen molar-refractivity contribution in [1.29, 1.82) is 0 Å². The monoisotopic (exact) mass is 376 g/mol. The number of thioether (sulfide) groups is 1. The van der Waals surface area contributed by atoms with E-state index in [4.69, 9.17) is 10.5 Å². The molecule has 2 atom stereocenters. The van der Waals surface area contributed by atoms with Crippen molar-refractivity contribution in [2.75, 3.05) is 6.61 Å². The van der Waals surface area contributed by atoms with Gasteiger partial charge in [0.15, 0.2) is 5.16 Å². The van der Waals surface area contributed by atoms with Crippen molar-refractivity contribution in [2.45, 2.75) is 42.8 Å². The minimum Gasteiger partial charge on any atom is -0.376 e. The normalized spacial score (nSPS) is 18.0. The number of carbonyl (C=O) groups excluding carboxylic acids is 2. The van der Waals surface area contributed by atoms with E-state index in [1.165, 1.54) is 0 Å². The molecule has 26 heavy (non-hydrogen) atoms. The molecule has 2 unspecified atom stereocenters.